The molecule has 2 rings (SSSR count). The summed E-state index contributed by atoms with van der Waals surface area (Å²) in [7, 11) is 0. The van der Waals surface area contributed by atoms with Crippen molar-refractivity contribution in [3.05, 3.63) is 46.6 Å². The molecule has 1 aromatic carbocycles. The number of thiocarbonyl (C=S) groups is 1. The Morgan fingerprint density at radius 3 is 2.33 bits per heavy atom. The first-order valence-electron chi connectivity index (χ1n) is 4.32. The van der Waals surface area contributed by atoms with Crippen LogP contribution in [0.15, 0.2) is 45.3 Å². The van der Waals surface area contributed by atoms with Gasteiger partial charge in [0.2, 0.25) is 0 Å². The molecule has 4 heteroatoms. The first-order chi connectivity index (χ1) is 7.16. The summed E-state index contributed by atoms with van der Waals surface area (Å²) in [5.41, 5.74) is 6.46. The highest BCUT2D eigenvalue weighted by Crippen LogP contribution is 2.23. The molecule has 15 heavy (non-hydrogen) atoms. The minimum atomic E-state index is 0.276. The maximum absolute atomic E-state index is 5.49. The minimum absolute atomic E-state index is 0.276. The molecule has 0 fully saturated rings. The van der Waals surface area contributed by atoms with Crippen LogP contribution in [0.3, 0.4) is 0 Å². The van der Waals surface area contributed by atoms with E-state index >= 15 is 0 Å². The van der Waals surface area contributed by atoms with Gasteiger partial charge in [-0.2, -0.15) is 0 Å². The van der Waals surface area contributed by atoms with Crippen molar-refractivity contribution >= 4 is 33.1 Å². The van der Waals surface area contributed by atoms with E-state index in [0.29, 0.717) is 5.76 Å². The summed E-state index contributed by atoms with van der Waals surface area (Å²) in [5.74, 6) is 1.31. The number of furan rings is 1. The van der Waals surface area contributed by atoms with Crippen LogP contribution < -0.4 is 5.73 Å². The monoisotopic (exact) mass is 281 g/mol. The summed E-state index contributed by atoms with van der Waals surface area (Å²) in [6.45, 7) is 0. The van der Waals surface area contributed by atoms with E-state index in [9.17, 15) is 0 Å². The summed E-state index contributed by atoms with van der Waals surface area (Å²) in [6.07, 6.45) is 0. The average molecular weight is 282 g/mol. The van der Waals surface area contributed by atoms with Crippen molar-refractivity contribution in [3.63, 3.8) is 0 Å². The van der Waals surface area contributed by atoms with Gasteiger partial charge in [-0.1, -0.05) is 40.3 Å². The molecule has 0 aliphatic carbocycles. The lowest BCUT2D eigenvalue weighted by molar-refractivity contribution is 0.573. The summed E-state index contributed by atoms with van der Waals surface area (Å²) in [6, 6.07) is 11.5. The smallest absolute Gasteiger partial charge is 0.161 e. The Balaban J connectivity index is 2.37. The average Bonchev–Trinajstić information content (AvgIpc) is 2.68. The lowest BCUT2D eigenvalue weighted by Gasteiger charge is -1.97. The fraction of sp³-hybridized carbons (Fsp3) is 0. The SMILES string of the molecule is NC(=S)c1ccc(-c2ccc(Br)cc2)o1. The largest absolute Gasteiger partial charge is 0.454 e. The van der Waals surface area contributed by atoms with E-state index in [1.807, 2.05) is 30.3 Å². The van der Waals surface area contributed by atoms with Gasteiger partial charge in [-0.05, 0) is 24.3 Å². The van der Waals surface area contributed by atoms with Gasteiger partial charge in [-0.25, -0.2) is 0 Å². The molecule has 0 radical (unpaired) electrons. The van der Waals surface area contributed by atoms with Crippen LogP contribution in [0.5, 0.6) is 0 Å². The molecule has 0 aliphatic rings. The van der Waals surface area contributed by atoms with Crippen molar-refractivity contribution in [2.45, 2.75) is 0 Å². The van der Waals surface area contributed by atoms with Crippen LogP contribution in [-0.4, -0.2) is 4.99 Å². The zero-order valence-electron chi connectivity index (χ0n) is 7.74. The van der Waals surface area contributed by atoms with Gasteiger partial charge in [-0.15, -0.1) is 0 Å². The fourth-order valence-electron chi connectivity index (χ4n) is 1.24. The van der Waals surface area contributed by atoms with Crippen molar-refractivity contribution < 1.29 is 4.42 Å². The third-order valence-electron chi connectivity index (χ3n) is 1.98. The molecule has 0 saturated heterocycles. The first-order valence-corrected chi connectivity index (χ1v) is 5.52. The molecule has 2 aromatic rings. The van der Waals surface area contributed by atoms with E-state index in [2.05, 4.69) is 15.9 Å². The van der Waals surface area contributed by atoms with Crippen molar-refractivity contribution in [1.82, 2.24) is 0 Å². The number of rotatable bonds is 2. The third kappa shape index (κ3) is 2.27. The molecule has 0 spiro atoms. The number of nitrogens with two attached hydrogens (primary N) is 1. The van der Waals surface area contributed by atoms with Crippen molar-refractivity contribution in [2.24, 2.45) is 5.73 Å². The van der Waals surface area contributed by atoms with Crippen LogP contribution in [-0.2, 0) is 0 Å². The molecule has 2 nitrogen and oxygen atoms in total. The fourth-order valence-corrected chi connectivity index (χ4v) is 1.61. The molecule has 0 atom stereocenters. The predicted octanol–water partition coefficient (Wildman–Crippen LogP) is 3.34. The van der Waals surface area contributed by atoms with Gasteiger partial charge in [0.1, 0.15) is 10.7 Å². The zero-order chi connectivity index (χ0) is 10.8. The van der Waals surface area contributed by atoms with Gasteiger partial charge in [0.15, 0.2) is 5.76 Å². The van der Waals surface area contributed by atoms with Crippen LogP contribution in [0.4, 0.5) is 0 Å². The van der Waals surface area contributed by atoms with Gasteiger partial charge in [0, 0.05) is 10.0 Å². The highest BCUT2D eigenvalue weighted by Gasteiger charge is 2.05. The normalized spacial score (nSPS) is 10.2. The summed E-state index contributed by atoms with van der Waals surface area (Å²) >= 11 is 8.20. The molecular weight excluding hydrogens is 274 g/mol. The molecule has 0 unspecified atom stereocenters. The highest BCUT2D eigenvalue weighted by molar-refractivity contribution is 9.10. The topological polar surface area (TPSA) is 39.2 Å². The molecule has 1 heterocycles. The summed E-state index contributed by atoms with van der Waals surface area (Å²) < 4.78 is 6.52. The number of benzene rings is 1. The molecule has 0 aliphatic heterocycles. The first kappa shape index (κ1) is 10.4. The lowest BCUT2D eigenvalue weighted by atomic mass is 10.2. The Bertz CT molecular complexity index is 490. The molecule has 0 bridgehead atoms. The predicted molar refractivity (Wildman–Crippen MR) is 67.7 cm³/mol. The van der Waals surface area contributed by atoms with Gasteiger partial charge in [0.05, 0.1) is 0 Å². The Morgan fingerprint density at radius 1 is 1.13 bits per heavy atom. The second-order valence-electron chi connectivity index (χ2n) is 3.04. The van der Waals surface area contributed by atoms with Crippen molar-refractivity contribution in [2.75, 3.05) is 0 Å². The number of hydrogen-bond acceptors (Lipinski definition) is 2. The van der Waals surface area contributed by atoms with E-state index in [1.54, 1.807) is 6.07 Å². The van der Waals surface area contributed by atoms with E-state index < -0.39 is 0 Å². The van der Waals surface area contributed by atoms with E-state index in [1.165, 1.54) is 0 Å². The maximum atomic E-state index is 5.49. The van der Waals surface area contributed by atoms with Gasteiger partial charge < -0.3 is 10.2 Å². The maximum Gasteiger partial charge on any atom is 0.161 e. The van der Waals surface area contributed by atoms with E-state index in [-0.39, 0.29) is 4.99 Å². The van der Waals surface area contributed by atoms with Crippen LogP contribution in [0.2, 0.25) is 0 Å². The minimum Gasteiger partial charge on any atom is -0.454 e. The quantitative estimate of drug-likeness (QED) is 0.859. The van der Waals surface area contributed by atoms with E-state index in [0.717, 1.165) is 15.8 Å². The van der Waals surface area contributed by atoms with Crippen LogP contribution in [0.1, 0.15) is 5.76 Å². The van der Waals surface area contributed by atoms with Crippen molar-refractivity contribution in [3.8, 4) is 11.3 Å². The summed E-state index contributed by atoms with van der Waals surface area (Å²) in [5, 5.41) is 0. The molecular formula is C11H8BrNOS. The Labute approximate surface area is 101 Å². The van der Waals surface area contributed by atoms with Gasteiger partial charge >= 0.3 is 0 Å². The van der Waals surface area contributed by atoms with Crippen LogP contribution >= 0.6 is 28.1 Å². The second kappa shape index (κ2) is 4.16. The van der Waals surface area contributed by atoms with Crippen molar-refractivity contribution in [1.29, 1.82) is 0 Å². The Hall–Kier alpha value is -1.13. The lowest BCUT2D eigenvalue weighted by Crippen LogP contribution is -2.07. The molecule has 76 valence electrons. The Kier molecular flexibility index (Phi) is 2.88. The molecule has 0 amide bonds. The zero-order valence-corrected chi connectivity index (χ0v) is 10.1. The second-order valence-corrected chi connectivity index (χ2v) is 4.39. The van der Waals surface area contributed by atoms with E-state index in [4.69, 9.17) is 22.4 Å². The molecule has 1 aromatic heterocycles. The molecule has 2 N–H and O–H groups in total. The standard InChI is InChI=1S/C11H8BrNOS/c12-8-3-1-7(2-4-8)9-5-6-10(14-9)11(13)15/h1-6H,(H2,13,15). The van der Waals surface area contributed by atoms with Gasteiger partial charge in [0.25, 0.3) is 0 Å². The highest BCUT2D eigenvalue weighted by atomic mass is 79.9. The van der Waals surface area contributed by atoms with Gasteiger partial charge in [-0.3, -0.25) is 0 Å². The van der Waals surface area contributed by atoms with Crippen LogP contribution in [0, 0.1) is 0 Å². The number of halogens is 1. The summed E-state index contributed by atoms with van der Waals surface area (Å²) in [4.78, 5) is 0.276. The molecule has 0 saturated carbocycles. The van der Waals surface area contributed by atoms with Crippen LogP contribution in [0.25, 0.3) is 11.3 Å². The number of hydrogen-bond donors (Lipinski definition) is 1. The Morgan fingerprint density at radius 2 is 1.80 bits per heavy atom. The third-order valence-corrected chi connectivity index (χ3v) is 2.71.